The second-order valence-electron chi connectivity index (χ2n) is 6.79. The van der Waals surface area contributed by atoms with E-state index in [0.717, 1.165) is 17.9 Å². The van der Waals surface area contributed by atoms with Gasteiger partial charge in [-0.25, -0.2) is 9.97 Å². The Labute approximate surface area is 168 Å². The normalized spacial score (nSPS) is 14.4. The first-order valence-electron chi connectivity index (χ1n) is 8.91. The van der Waals surface area contributed by atoms with Gasteiger partial charge in [0, 0.05) is 25.6 Å². The van der Waals surface area contributed by atoms with Crippen molar-refractivity contribution in [2.24, 2.45) is 0 Å². The summed E-state index contributed by atoms with van der Waals surface area (Å²) in [7, 11) is -9.66. The fourth-order valence-corrected chi connectivity index (χ4v) is 3.63. The molecule has 0 spiro atoms. The fourth-order valence-electron chi connectivity index (χ4n) is 2.98. The van der Waals surface area contributed by atoms with Gasteiger partial charge in [0.05, 0.1) is 12.0 Å². The SMILES string of the molecule is FS(F)(F)(F)(F)c1ccc(CNc2ccnc3nc(CCc4ccco4)[nH]c23)cc1. The molecule has 30 heavy (non-hydrogen) atoms. The quantitative estimate of drug-likeness (QED) is 0.315. The van der Waals surface area contributed by atoms with Crippen molar-refractivity contribution in [3.05, 3.63) is 72.1 Å². The average molecular weight is 444 g/mol. The molecular weight excluding hydrogens is 427 g/mol. The molecule has 0 unspecified atom stereocenters. The van der Waals surface area contributed by atoms with Crippen molar-refractivity contribution in [3.8, 4) is 0 Å². The summed E-state index contributed by atoms with van der Waals surface area (Å²) in [6.07, 6.45) is 4.42. The zero-order chi connectivity index (χ0) is 21.5. The van der Waals surface area contributed by atoms with Gasteiger partial charge in [-0.3, -0.25) is 0 Å². The molecule has 1 aromatic carbocycles. The van der Waals surface area contributed by atoms with Gasteiger partial charge in [-0.2, -0.15) is 0 Å². The summed E-state index contributed by atoms with van der Waals surface area (Å²) in [5, 5.41) is 3.08. The lowest BCUT2D eigenvalue weighted by molar-refractivity contribution is 0.364. The molecule has 0 radical (unpaired) electrons. The maximum Gasteiger partial charge on any atom is 0.310 e. The van der Waals surface area contributed by atoms with Crippen LogP contribution in [-0.4, -0.2) is 15.0 Å². The number of hydrogen-bond donors (Lipinski definition) is 2. The Bertz CT molecular complexity index is 1170. The molecule has 11 heteroatoms. The van der Waals surface area contributed by atoms with Crippen molar-refractivity contribution < 1.29 is 23.8 Å². The molecule has 2 N–H and O–H groups in total. The highest BCUT2D eigenvalue weighted by molar-refractivity contribution is 8.45. The highest BCUT2D eigenvalue weighted by Gasteiger charge is 2.65. The number of rotatable bonds is 7. The minimum Gasteiger partial charge on any atom is -0.469 e. The van der Waals surface area contributed by atoms with E-state index in [4.69, 9.17) is 4.42 Å². The molecule has 0 aliphatic carbocycles. The van der Waals surface area contributed by atoms with Crippen molar-refractivity contribution in [1.29, 1.82) is 0 Å². The Morgan fingerprint density at radius 1 is 0.967 bits per heavy atom. The minimum atomic E-state index is -9.66. The molecule has 0 aliphatic rings. The molecule has 0 saturated carbocycles. The van der Waals surface area contributed by atoms with E-state index in [9.17, 15) is 19.4 Å². The Morgan fingerprint density at radius 3 is 2.40 bits per heavy atom. The second kappa shape index (κ2) is 6.46. The molecule has 4 rings (SSSR count). The molecule has 3 aromatic heterocycles. The number of halogens is 5. The van der Waals surface area contributed by atoms with Crippen LogP contribution in [0, 0.1) is 0 Å². The second-order valence-corrected chi connectivity index (χ2v) is 9.20. The smallest absolute Gasteiger partial charge is 0.310 e. The van der Waals surface area contributed by atoms with Crippen molar-refractivity contribution in [1.82, 2.24) is 15.0 Å². The highest BCUT2D eigenvalue weighted by Crippen LogP contribution is 3.02. The zero-order valence-corrected chi connectivity index (χ0v) is 16.2. The molecule has 4 aromatic rings. The van der Waals surface area contributed by atoms with E-state index in [1.54, 1.807) is 18.5 Å². The van der Waals surface area contributed by atoms with Crippen molar-refractivity contribution in [3.63, 3.8) is 0 Å². The van der Waals surface area contributed by atoms with Gasteiger partial charge in [0.2, 0.25) is 0 Å². The molecule has 0 saturated heterocycles. The molecule has 160 valence electrons. The Hall–Kier alpha value is -3.08. The summed E-state index contributed by atoms with van der Waals surface area (Å²) in [5.41, 5.74) is 2.21. The number of imidazole rings is 1. The average Bonchev–Trinajstić information content (AvgIpc) is 3.32. The number of benzene rings is 1. The Kier molecular flexibility index (Phi) is 4.35. The standard InChI is InChI=1S/C19H17F5N4OS/c20-30(21,22,23,24)15-6-3-13(4-7-15)12-26-16-9-10-25-19-18(16)27-17(28-19)8-5-14-2-1-11-29-14/h1-4,6-7,9-11H,5,8,12H2,(H2,25,26,27,28). The monoisotopic (exact) mass is 444 g/mol. The minimum absolute atomic E-state index is 0.139. The molecule has 5 nitrogen and oxygen atoms in total. The van der Waals surface area contributed by atoms with Gasteiger partial charge >= 0.3 is 10.2 Å². The Balaban J connectivity index is 1.47. The molecular formula is C19H17F5N4OS. The third-order valence-electron chi connectivity index (χ3n) is 4.48. The molecule has 0 aliphatic heterocycles. The number of hydrogen-bond acceptors (Lipinski definition) is 4. The number of H-pyrrole nitrogens is 1. The van der Waals surface area contributed by atoms with Crippen LogP contribution in [0.3, 0.4) is 0 Å². The van der Waals surface area contributed by atoms with E-state index >= 15 is 0 Å². The zero-order valence-electron chi connectivity index (χ0n) is 15.4. The number of pyridine rings is 1. The number of aromatic nitrogens is 3. The summed E-state index contributed by atoms with van der Waals surface area (Å²) in [6.45, 7) is 0.139. The fraction of sp³-hybridized carbons (Fsp3) is 0.158. The number of furan rings is 1. The molecule has 0 fully saturated rings. The maximum atomic E-state index is 12.8. The third-order valence-corrected chi connectivity index (χ3v) is 5.64. The van der Waals surface area contributed by atoms with E-state index in [1.165, 1.54) is 0 Å². The first-order valence-corrected chi connectivity index (χ1v) is 10.9. The molecule has 0 bridgehead atoms. The lowest BCUT2D eigenvalue weighted by Crippen LogP contribution is -2.06. The van der Waals surface area contributed by atoms with Crippen LogP contribution in [0.4, 0.5) is 25.1 Å². The van der Waals surface area contributed by atoms with Crippen LogP contribution in [0.15, 0.2) is 64.2 Å². The first-order chi connectivity index (χ1) is 14.0. The lowest BCUT2D eigenvalue weighted by Gasteiger charge is -2.40. The van der Waals surface area contributed by atoms with Gasteiger partial charge < -0.3 is 14.7 Å². The van der Waals surface area contributed by atoms with E-state index in [2.05, 4.69) is 20.3 Å². The van der Waals surface area contributed by atoms with Crippen LogP contribution in [-0.2, 0) is 19.4 Å². The predicted octanol–water partition coefficient (Wildman–Crippen LogP) is 6.61. The van der Waals surface area contributed by atoms with Crippen LogP contribution in [0.1, 0.15) is 17.1 Å². The van der Waals surface area contributed by atoms with Gasteiger partial charge in [-0.15, -0.1) is 0 Å². The molecule has 0 amide bonds. The molecule has 3 heterocycles. The number of aromatic amines is 1. The van der Waals surface area contributed by atoms with E-state index < -0.39 is 15.1 Å². The van der Waals surface area contributed by atoms with E-state index in [0.29, 0.717) is 53.2 Å². The number of fused-ring (bicyclic) bond motifs is 1. The number of nitrogens with zero attached hydrogens (tertiary/aromatic N) is 2. The van der Waals surface area contributed by atoms with E-state index in [-0.39, 0.29) is 6.54 Å². The number of anilines is 1. The topological polar surface area (TPSA) is 66.7 Å². The largest absolute Gasteiger partial charge is 0.469 e. The third kappa shape index (κ3) is 4.56. The lowest BCUT2D eigenvalue weighted by atomic mass is 10.2. The predicted molar refractivity (Wildman–Crippen MR) is 105 cm³/mol. The van der Waals surface area contributed by atoms with Gasteiger partial charge in [-0.05, 0) is 35.9 Å². The van der Waals surface area contributed by atoms with Gasteiger partial charge in [0.15, 0.2) is 5.65 Å². The van der Waals surface area contributed by atoms with Crippen LogP contribution in [0.5, 0.6) is 0 Å². The van der Waals surface area contributed by atoms with Gasteiger partial charge in [0.1, 0.15) is 22.0 Å². The van der Waals surface area contributed by atoms with Crippen LogP contribution >= 0.6 is 10.2 Å². The van der Waals surface area contributed by atoms with Crippen LogP contribution < -0.4 is 5.32 Å². The maximum absolute atomic E-state index is 12.8. The first kappa shape index (κ1) is 20.2. The van der Waals surface area contributed by atoms with Crippen LogP contribution in [0.25, 0.3) is 11.2 Å². The number of aryl methyl sites for hydroxylation is 2. The Morgan fingerprint density at radius 2 is 1.73 bits per heavy atom. The number of nitrogens with one attached hydrogen (secondary N) is 2. The highest BCUT2D eigenvalue weighted by atomic mass is 32.5. The van der Waals surface area contributed by atoms with Gasteiger partial charge in [0.25, 0.3) is 0 Å². The van der Waals surface area contributed by atoms with Crippen molar-refractivity contribution in [2.45, 2.75) is 24.3 Å². The van der Waals surface area contributed by atoms with Gasteiger partial charge in [-0.1, -0.05) is 31.6 Å². The summed E-state index contributed by atoms with van der Waals surface area (Å²) in [6, 6.07) is 8.24. The van der Waals surface area contributed by atoms with Crippen molar-refractivity contribution >= 4 is 27.1 Å². The van der Waals surface area contributed by atoms with Crippen molar-refractivity contribution in [2.75, 3.05) is 5.32 Å². The summed E-state index contributed by atoms with van der Waals surface area (Å²) >= 11 is 0. The summed E-state index contributed by atoms with van der Waals surface area (Å²) in [5.74, 6) is 1.54. The summed E-state index contributed by atoms with van der Waals surface area (Å²) in [4.78, 5) is 9.91. The summed E-state index contributed by atoms with van der Waals surface area (Å²) < 4.78 is 69.4. The molecule has 0 atom stereocenters. The van der Waals surface area contributed by atoms with E-state index in [1.807, 2.05) is 12.1 Å². The van der Waals surface area contributed by atoms with Crippen LogP contribution in [0.2, 0.25) is 0 Å².